The molecule has 1 aromatic carbocycles. The maximum atomic E-state index is 14.1. The second kappa shape index (κ2) is 6.88. The molecular formula is C15H18FN3O2. The smallest absolute Gasteiger partial charge is 0.223 e. The quantitative estimate of drug-likeness (QED) is 0.886. The van der Waals surface area contributed by atoms with Crippen LogP contribution >= 0.6 is 0 Å². The Labute approximate surface area is 123 Å². The first kappa shape index (κ1) is 15.0. The molecule has 0 fully saturated rings. The number of benzene rings is 1. The number of rotatable bonds is 6. The van der Waals surface area contributed by atoms with E-state index in [2.05, 4.69) is 15.3 Å². The van der Waals surface area contributed by atoms with Crippen molar-refractivity contribution >= 4 is 5.95 Å². The van der Waals surface area contributed by atoms with Crippen LogP contribution in [0.1, 0.15) is 13.3 Å². The minimum absolute atomic E-state index is 0.180. The largest absolute Gasteiger partial charge is 0.497 e. The summed E-state index contributed by atoms with van der Waals surface area (Å²) in [6.45, 7) is 2.75. The third-order valence-corrected chi connectivity index (χ3v) is 2.94. The van der Waals surface area contributed by atoms with Gasteiger partial charge in [-0.25, -0.2) is 14.4 Å². The fourth-order valence-electron chi connectivity index (χ4n) is 1.88. The van der Waals surface area contributed by atoms with Crippen molar-refractivity contribution in [2.45, 2.75) is 13.3 Å². The summed E-state index contributed by atoms with van der Waals surface area (Å²) < 4.78 is 24.5. The highest BCUT2D eigenvalue weighted by atomic mass is 19.1. The fraction of sp³-hybridized carbons (Fsp3) is 0.333. The lowest BCUT2D eigenvalue weighted by molar-refractivity contribution is 0.404. The summed E-state index contributed by atoms with van der Waals surface area (Å²) in [5, 5.41) is 3.04. The molecule has 2 aromatic rings. The third-order valence-electron chi connectivity index (χ3n) is 2.94. The van der Waals surface area contributed by atoms with Gasteiger partial charge in [-0.15, -0.1) is 0 Å². The van der Waals surface area contributed by atoms with E-state index < -0.39 is 5.82 Å². The minimum atomic E-state index is -0.511. The topological polar surface area (TPSA) is 56.3 Å². The summed E-state index contributed by atoms with van der Waals surface area (Å²) >= 11 is 0. The summed E-state index contributed by atoms with van der Waals surface area (Å²) in [4.78, 5) is 8.16. The summed E-state index contributed by atoms with van der Waals surface area (Å²) in [6, 6.07) is 5.15. The van der Waals surface area contributed by atoms with Crippen LogP contribution in [0.4, 0.5) is 10.3 Å². The molecule has 5 nitrogen and oxygen atoms in total. The standard InChI is InChI=1S/C15H18FN3O2/c1-4-7-17-15-18-9-12(16)14(19-15)11-8-10(20-2)5-6-13(11)21-3/h5-6,8-9H,4,7H2,1-3H3,(H,17,18,19). The van der Waals surface area contributed by atoms with Crippen LogP contribution in [0.5, 0.6) is 11.5 Å². The lowest BCUT2D eigenvalue weighted by Crippen LogP contribution is -2.06. The van der Waals surface area contributed by atoms with Crippen molar-refractivity contribution in [1.29, 1.82) is 0 Å². The van der Waals surface area contributed by atoms with E-state index in [1.165, 1.54) is 7.11 Å². The molecule has 0 spiro atoms. The summed E-state index contributed by atoms with van der Waals surface area (Å²) in [6.07, 6.45) is 2.08. The number of hydrogen-bond donors (Lipinski definition) is 1. The van der Waals surface area contributed by atoms with Crippen molar-refractivity contribution in [1.82, 2.24) is 9.97 Å². The number of anilines is 1. The van der Waals surface area contributed by atoms with Gasteiger partial charge >= 0.3 is 0 Å². The molecule has 0 amide bonds. The van der Waals surface area contributed by atoms with E-state index in [1.54, 1.807) is 25.3 Å². The lowest BCUT2D eigenvalue weighted by atomic mass is 10.1. The van der Waals surface area contributed by atoms with E-state index in [0.29, 0.717) is 23.0 Å². The zero-order valence-corrected chi connectivity index (χ0v) is 12.3. The van der Waals surface area contributed by atoms with E-state index in [9.17, 15) is 4.39 Å². The van der Waals surface area contributed by atoms with Crippen LogP contribution < -0.4 is 14.8 Å². The average molecular weight is 291 g/mol. The van der Waals surface area contributed by atoms with Crippen LogP contribution in [0.25, 0.3) is 11.3 Å². The van der Waals surface area contributed by atoms with Gasteiger partial charge in [0.25, 0.3) is 0 Å². The van der Waals surface area contributed by atoms with Crippen molar-refractivity contribution in [3.05, 3.63) is 30.2 Å². The molecular weight excluding hydrogens is 273 g/mol. The molecule has 0 saturated heterocycles. The minimum Gasteiger partial charge on any atom is -0.497 e. The number of hydrogen-bond acceptors (Lipinski definition) is 5. The maximum Gasteiger partial charge on any atom is 0.223 e. The Morgan fingerprint density at radius 3 is 2.71 bits per heavy atom. The van der Waals surface area contributed by atoms with E-state index in [0.717, 1.165) is 19.2 Å². The number of aromatic nitrogens is 2. The van der Waals surface area contributed by atoms with Crippen LogP contribution in [0.2, 0.25) is 0 Å². The number of nitrogens with one attached hydrogen (secondary N) is 1. The Morgan fingerprint density at radius 1 is 1.24 bits per heavy atom. The van der Waals surface area contributed by atoms with Gasteiger partial charge in [0.15, 0.2) is 5.82 Å². The molecule has 21 heavy (non-hydrogen) atoms. The predicted octanol–water partition coefficient (Wildman–Crippen LogP) is 3.12. The fourth-order valence-corrected chi connectivity index (χ4v) is 1.88. The van der Waals surface area contributed by atoms with E-state index in [4.69, 9.17) is 9.47 Å². The summed E-state index contributed by atoms with van der Waals surface area (Å²) in [7, 11) is 3.08. The van der Waals surface area contributed by atoms with E-state index in [1.807, 2.05) is 6.92 Å². The van der Waals surface area contributed by atoms with Gasteiger partial charge in [-0.05, 0) is 24.6 Å². The van der Waals surface area contributed by atoms with Gasteiger partial charge in [0.2, 0.25) is 5.95 Å². The van der Waals surface area contributed by atoms with Gasteiger partial charge in [0, 0.05) is 12.1 Å². The number of methoxy groups -OCH3 is 2. The van der Waals surface area contributed by atoms with Crippen LogP contribution in [0, 0.1) is 5.82 Å². The van der Waals surface area contributed by atoms with E-state index in [-0.39, 0.29) is 5.69 Å². The van der Waals surface area contributed by atoms with Crippen LogP contribution in [0.3, 0.4) is 0 Å². The SMILES string of the molecule is CCCNc1ncc(F)c(-c2cc(OC)ccc2OC)n1. The Hall–Kier alpha value is -2.37. The molecule has 2 rings (SSSR count). The molecule has 0 radical (unpaired) electrons. The van der Waals surface area contributed by atoms with Crippen LogP contribution in [-0.2, 0) is 0 Å². The highest BCUT2D eigenvalue weighted by Gasteiger charge is 2.15. The van der Waals surface area contributed by atoms with Crippen molar-refractivity contribution in [3.8, 4) is 22.8 Å². The first-order chi connectivity index (χ1) is 10.2. The molecule has 1 N–H and O–H groups in total. The average Bonchev–Trinajstić information content (AvgIpc) is 2.53. The normalized spacial score (nSPS) is 10.3. The second-order valence-corrected chi connectivity index (χ2v) is 4.38. The first-order valence-electron chi connectivity index (χ1n) is 6.68. The monoisotopic (exact) mass is 291 g/mol. The molecule has 6 heteroatoms. The highest BCUT2D eigenvalue weighted by Crippen LogP contribution is 2.33. The molecule has 0 atom stereocenters. The highest BCUT2D eigenvalue weighted by molar-refractivity contribution is 5.70. The van der Waals surface area contributed by atoms with Crippen molar-refractivity contribution in [2.24, 2.45) is 0 Å². The van der Waals surface area contributed by atoms with Gasteiger partial charge in [0.05, 0.1) is 20.4 Å². The van der Waals surface area contributed by atoms with Crippen molar-refractivity contribution < 1.29 is 13.9 Å². The van der Waals surface area contributed by atoms with Gasteiger partial charge < -0.3 is 14.8 Å². The Morgan fingerprint density at radius 2 is 2.05 bits per heavy atom. The first-order valence-corrected chi connectivity index (χ1v) is 6.68. The molecule has 1 heterocycles. The summed E-state index contributed by atoms with van der Waals surface area (Å²) in [5.74, 6) is 1.00. The number of ether oxygens (including phenoxy) is 2. The zero-order valence-electron chi connectivity index (χ0n) is 12.3. The zero-order chi connectivity index (χ0) is 15.2. The van der Waals surface area contributed by atoms with Gasteiger partial charge in [-0.3, -0.25) is 0 Å². The summed E-state index contributed by atoms with van der Waals surface area (Å²) in [5.41, 5.74) is 0.704. The Balaban J connectivity index is 2.49. The Kier molecular flexibility index (Phi) is 4.92. The maximum absolute atomic E-state index is 14.1. The van der Waals surface area contributed by atoms with Gasteiger partial charge in [0.1, 0.15) is 17.2 Å². The number of nitrogens with zero attached hydrogens (tertiary/aromatic N) is 2. The van der Waals surface area contributed by atoms with Gasteiger partial charge in [-0.2, -0.15) is 0 Å². The molecule has 112 valence electrons. The lowest BCUT2D eigenvalue weighted by Gasteiger charge is -2.11. The predicted molar refractivity (Wildman–Crippen MR) is 79.3 cm³/mol. The Bertz CT molecular complexity index is 620. The van der Waals surface area contributed by atoms with E-state index >= 15 is 0 Å². The van der Waals surface area contributed by atoms with Crippen molar-refractivity contribution in [2.75, 3.05) is 26.1 Å². The van der Waals surface area contributed by atoms with Crippen LogP contribution in [-0.4, -0.2) is 30.7 Å². The molecule has 0 bridgehead atoms. The molecule has 0 aliphatic carbocycles. The molecule has 0 aliphatic rings. The molecule has 0 saturated carbocycles. The van der Waals surface area contributed by atoms with Crippen LogP contribution in [0.15, 0.2) is 24.4 Å². The number of halogens is 1. The van der Waals surface area contributed by atoms with Crippen molar-refractivity contribution in [3.63, 3.8) is 0 Å². The molecule has 1 aromatic heterocycles. The third kappa shape index (κ3) is 3.39. The second-order valence-electron chi connectivity index (χ2n) is 4.38. The molecule has 0 aliphatic heterocycles. The van der Waals surface area contributed by atoms with Gasteiger partial charge in [-0.1, -0.05) is 6.92 Å². The molecule has 0 unspecified atom stereocenters.